The Balaban J connectivity index is 1.85. The van der Waals surface area contributed by atoms with Gasteiger partial charge in [-0.25, -0.2) is 8.78 Å². The zero-order valence-electron chi connectivity index (χ0n) is 10.0. The molecule has 0 radical (unpaired) electrons. The molecule has 0 aromatic carbocycles. The molecule has 98 valence electrons. The van der Waals surface area contributed by atoms with Gasteiger partial charge in [-0.05, 0) is 31.7 Å². The summed E-state index contributed by atoms with van der Waals surface area (Å²) in [7, 11) is 0. The van der Waals surface area contributed by atoms with Gasteiger partial charge in [0.05, 0.1) is 0 Å². The average Bonchev–Trinajstić information content (AvgIpc) is 2.76. The lowest BCUT2D eigenvalue weighted by Gasteiger charge is -2.30. The van der Waals surface area contributed by atoms with Crippen LogP contribution in [0, 0.1) is 11.8 Å². The summed E-state index contributed by atoms with van der Waals surface area (Å²) < 4.78 is 26.0. The fraction of sp³-hybridized carbons (Fsp3) is 0.917. The highest BCUT2D eigenvalue weighted by Crippen LogP contribution is 2.37. The predicted octanol–water partition coefficient (Wildman–Crippen LogP) is 1.62. The van der Waals surface area contributed by atoms with E-state index >= 15 is 0 Å². The summed E-state index contributed by atoms with van der Waals surface area (Å²) >= 11 is 0. The Morgan fingerprint density at radius 1 is 1.29 bits per heavy atom. The van der Waals surface area contributed by atoms with Gasteiger partial charge in [0.1, 0.15) is 0 Å². The minimum atomic E-state index is -2.55. The topological polar surface area (TPSA) is 46.3 Å². The molecule has 1 unspecified atom stereocenters. The monoisotopic (exact) mass is 246 g/mol. The van der Waals surface area contributed by atoms with E-state index in [2.05, 4.69) is 0 Å². The fourth-order valence-electron chi connectivity index (χ4n) is 2.77. The van der Waals surface area contributed by atoms with Gasteiger partial charge in [0, 0.05) is 31.8 Å². The van der Waals surface area contributed by atoms with Gasteiger partial charge in [-0.2, -0.15) is 0 Å². The lowest BCUT2D eigenvalue weighted by molar-refractivity contribution is -0.138. The van der Waals surface area contributed by atoms with E-state index in [1.165, 1.54) is 0 Å². The Hall–Kier alpha value is -0.710. The first-order chi connectivity index (χ1) is 8.02. The second-order valence-corrected chi connectivity index (χ2v) is 5.30. The molecule has 1 amide bonds. The third kappa shape index (κ3) is 2.94. The molecular weight excluding hydrogens is 226 g/mol. The summed E-state index contributed by atoms with van der Waals surface area (Å²) in [5.41, 5.74) is 5.57. The summed E-state index contributed by atoms with van der Waals surface area (Å²) in [5, 5.41) is 0. The maximum Gasteiger partial charge on any atom is 0.248 e. The molecule has 0 aromatic heterocycles. The highest BCUT2D eigenvalue weighted by molar-refractivity contribution is 5.79. The van der Waals surface area contributed by atoms with Crippen molar-refractivity contribution in [3.8, 4) is 0 Å². The molecule has 1 heterocycles. The van der Waals surface area contributed by atoms with Crippen molar-refractivity contribution in [2.24, 2.45) is 17.6 Å². The Labute approximate surface area is 100 Å². The molecule has 1 saturated heterocycles. The molecule has 2 rings (SSSR count). The molecule has 3 nitrogen and oxygen atoms in total. The van der Waals surface area contributed by atoms with Gasteiger partial charge in [-0.15, -0.1) is 0 Å². The van der Waals surface area contributed by atoms with E-state index in [0.717, 1.165) is 13.0 Å². The molecule has 2 fully saturated rings. The number of amides is 1. The second-order valence-electron chi connectivity index (χ2n) is 5.30. The third-order valence-electron chi connectivity index (χ3n) is 4.00. The first-order valence-electron chi connectivity index (χ1n) is 6.38. The molecule has 1 aliphatic carbocycles. The largest absolute Gasteiger partial charge is 0.342 e. The zero-order chi connectivity index (χ0) is 12.5. The molecule has 2 N–H and O–H groups in total. The summed E-state index contributed by atoms with van der Waals surface area (Å²) in [6.45, 7) is 2.06. The highest BCUT2D eigenvalue weighted by Gasteiger charge is 2.39. The lowest BCUT2D eigenvalue weighted by Crippen LogP contribution is -2.38. The van der Waals surface area contributed by atoms with Crippen LogP contribution in [0.5, 0.6) is 0 Å². The summed E-state index contributed by atoms with van der Waals surface area (Å²) in [4.78, 5) is 13.9. The number of carbonyl (C=O) groups is 1. The molecular formula is C12H20F2N2O. The molecule has 5 heteroatoms. The van der Waals surface area contributed by atoms with Crippen LogP contribution in [-0.2, 0) is 4.79 Å². The number of rotatable bonds is 2. The Morgan fingerprint density at radius 3 is 2.47 bits per heavy atom. The molecule has 1 aliphatic heterocycles. The molecule has 1 atom stereocenters. The van der Waals surface area contributed by atoms with Crippen molar-refractivity contribution in [2.75, 3.05) is 19.6 Å². The zero-order valence-corrected chi connectivity index (χ0v) is 10.0. The number of carbonyl (C=O) groups excluding carboxylic acids is 1. The van der Waals surface area contributed by atoms with Gasteiger partial charge in [-0.3, -0.25) is 4.79 Å². The molecule has 0 aromatic rings. The quantitative estimate of drug-likeness (QED) is 0.804. The van der Waals surface area contributed by atoms with E-state index in [9.17, 15) is 13.6 Å². The number of nitrogens with zero attached hydrogens (tertiary/aromatic N) is 1. The summed E-state index contributed by atoms with van der Waals surface area (Å²) in [6, 6.07) is 0. The van der Waals surface area contributed by atoms with Gasteiger partial charge in [-0.1, -0.05) is 0 Å². The van der Waals surface area contributed by atoms with E-state index in [-0.39, 0.29) is 24.7 Å². The maximum atomic E-state index is 13.0. The van der Waals surface area contributed by atoms with Gasteiger partial charge < -0.3 is 10.6 Å². The Morgan fingerprint density at radius 2 is 1.94 bits per heavy atom. The van der Waals surface area contributed by atoms with Crippen LogP contribution in [0.3, 0.4) is 0 Å². The van der Waals surface area contributed by atoms with Crippen molar-refractivity contribution in [2.45, 2.75) is 38.0 Å². The minimum absolute atomic E-state index is 0.0662. The number of likely N-dealkylation sites (tertiary alicyclic amines) is 1. The van der Waals surface area contributed by atoms with Crippen molar-refractivity contribution in [3.63, 3.8) is 0 Å². The standard InChI is InChI=1S/C12H20F2N2O/c13-12(14)4-1-10(2-5-12)11(17)16-6-3-9(7-15)8-16/h9-10H,1-8,15H2. The normalized spacial score (nSPS) is 29.6. The number of alkyl halides is 2. The Bertz CT molecular complexity index is 286. The predicted molar refractivity (Wildman–Crippen MR) is 60.6 cm³/mol. The second kappa shape index (κ2) is 4.88. The van der Waals surface area contributed by atoms with Crippen molar-refractivity contribution in [3.05, 3.63) is 0 Å². The SMILES string of the molecule is NCC1CCN(C(=O)C2CCC(F)(F)CC2)C1. The van der Waals surface area contributed by atoms with Gasteiger partial charge in [0.2, 0.25) is 11.8 Å². The first kappa shape index (κ1) is 12.7. The summed E-state index contributed by atoms with van der Waals surface area (Å²) in [5.74, 6) is -2.28. The van der Waals surface area contributed by atoms with Gasteiger partial charge in [0.25, 0.3) is 0 Å². The van der Waals surface area contributed by atoms with E-state index < -0.39 is 5.92 Å². The van der Waals surface area contributed by atoms with Crippen LogP contribution >= 0.6 is 0 Å². The van der Waals surface area contributed by atoms with Crippen molar-refractivity contribution in [1.82, 2.24) is 4.90 Å². The smallest absolute Gasteiger partial charge is 0.248 e. The van der Waals surface area contributed by atoms with Crippen molar-refractivity contribution < 1.29 is 13.6 Å². The van der Waals surface area contributed by atoms with Crippen LogP contribution in [0.4, 0.5) is 8.78 Å². The van der Waals surface area contributed by atoms with Crippen LogP contribution in [0.15, 0.2) is 0 Å². The average molecular weight is 246 g/mol. The van der Waals surface area contributed by atoms with E-state index in [1.807, 2.05) is 4.90 Å². The van der Waals surface area contributed by atoms with E-state index in [1.54, 1.807) is 0 Å². The number of hydrogen-bond donors (Lipinski definition) is 1. The lowest BCUT2D eigenvalue weighted by atomic mass is 9.86. The molecule has 0 bridgehead atoms. The third-order valence-corrected chi connectivity index (χ3v) is 4.00. The molecule has 2 aliphatic rings. The molecule has 0 spiro atoms. The van der Waals surface area contributed by atoms with E-state index in [4.69, 9.17) is 5.73 Å². The minimum Gasteiger partial charge on any atom is -0.342 e. The highest BCUT2D eigenvalue weighted by atomic mass is 19.3. The molecule has 17 heavy (non-hydrogen) atoms. The van der Waals surface area contributed by atoms with Crippen LogP contribution in [0.1, 0.15) is 32.1 Å². The van der Waals surface area contributed by atoms with Crippen LogP contribution < -0.4 is 5.73 Å². The van der Waals surface area contributed by atoms with Gasteiger partial charge in [0.15, 0.2) is 0 Å². The fourth-order valence-corrected chi connectivity index (χ4v) is 2.77. The van der Waals surface area contributed by atoms with Crippen LogP contribution in [-0.4, -0.2) is 36.4 Å². The molecule has 1 saturated carbocycles. The summed E-state index contributed by atoms with van der Waals surface area (Å²) in [6.07, 6.45) is 1.32. The van der Waals surface area contributed by atoms with Crippen LogP contribution in [0.2, 0.25) is 0 Å². The first-order valence-corrected chi connectivity index (χ1v) is 6.38. The van der Waals surface area contributed by atoms with E-state index in [0.29, 0.717) is 31.8 Å². The number of hydrogen-bond acceptors (Lipinski definition) is 2. The van der Waals surface area contributed by atoms with Crippen LogP contribution in [0.25, 0.3) is 0 Å². The number of nitrogens with two attached hydrogens (primary N) is 1. The Kier molecular flexibility index (Phi) is 3.66. The number of halogens is 2. The van der Waals surface area contributed by atoms with Crippen molar-refractivity contribution in [1.29, 1.82) is 0 Å². The maximum absolute atomic E-state index is 13.0. The van der Waals surface area contributed by atoms with Crippen molar-refractivity contribution >= 4 is 5.91 Å². The van der Waals surface area contributed by atoms with Gasteiger partial charge >= 0.3 is 0 Å².